The molecular weight excluding hydrogens is 406 g/mol. The van der Waals surface area contributed by atoms with Gasteiger partial charge in [0.05, 0.1) is 20.2 Å². The lowest BCUT2D eigenvalue weighted by Gasteiger charge is -2.06. The Balaban J connectivity index is 2.53. The smallest absolute Gasteiger partial charge is 0.200 e. The molecule has 0 spiro atoms. The van der Waals surface area contributed by atoms with Crippen LogP contribution in [0.25, 0.3) is 0 Å². The maximum Gasteiger partial charge on any atom is 0.200 e. The Hall–Kier alpha value is -0.790. The summed E-state index contributed by atoms with van der Waals surface area (Å²) < 4.78 is 33.6. The third-order valence-electron chi connectivity index (χ3n) is 2.38. The Morgan fingerprint density at radius 1 is 1.21 bits per heavy atom. The molecular formula is C12H6Br2F2O2S. The summed E-state index contributed by atoms with van der Waals surface area (Å²) in [5, 5.41) is 0. The van der Waals surface area contributed by atoms with Gasteiger partial charge in [-0.2, -0.15) is 0 Å². The van der Waals surface area contributed by atoms with Crippen LogP contribution >= 0.6 is 43.2 Å². The van der Waals surface area contributed by atoms with Gasteiger partial charge in [0.25, 0.3) is 0 Å². The maximum atomic E-state index is 13.8. The first-order chi connectivity index (χ1) is 8.93. The van der Waals surface area contributed by atoms with E-state index in [1.54, 1.807) is 0 Å². The number of carbonyl (C=O) groups is 1. The van der Waals surface area contributed by atoms with Gasteiger partial charge in [0, 0.05) is 17.7 Å². The highest BCUT2D eigenvalue weighted by Gasteiger charge is 2.23. The minimum atomic E-state index is -0.948. The predicted octanol–water partition coefficient (Wildman–Crippen LogP) is 4.79. The second-order valence-corrected chi connectivity index (χ2v) is 7.28. The van der Waals surface area contributed by atoms with Crippen molar-refractivity contribution in [2.24, 2.45) is 0 Å². The molecule has 0 unspecified atom stereocenters. The number of rotatable bonds is 3. The van der Waals surface area contributed by atoms with Crippen LogP contribution in [0.15, 0.2) is 25.8 Å². The molecule has 0 atom stereocenters. The molecule has 1 aromatic carbocycles. The third-order valence-corrected chi connectivity index (χ3v) is 4.72. The minimum absolute atomic E-state index is 0.0251. The highest BCUT2D eigenvalue weighted by molar-refractivity contribution is 9.12. The topological polar surface area (TPSA) is 26.3 Å². The fourth-order valence-corrected chi connectivity index (χ4v) is 4.31. The number of hydrogen-bond donors (Lipinski definition) is 0. The van der Waals surface area contributed by atoms with Crippen molar-refractivity contribution in [1.29, 1.82) is 0 Å². The average Bonchev–Trinajstić information content (AvgIpc) is 2.67. The Morgan fingerprint density at radius 2 is 1.79 bits per heavy atom. The Labute approximate surface area is 128 Å². The number of hydrogen-bond acceptors (Lipinski definition) is 3. The molecule has 0 fully saturated rings. The van der Waals surface area contributed by atoms with Crippen LogP contribution in [0.3, 0.4) is 0 Å². The van der Waals surface area contributed by atoms with E-state index in [1.165, 1.54) is 24.5 Å². The molecule has 0 N–H and O–H groups in total. The first kappa shape index (κ1) is 14.6. The molecule has 0 saturated carbocycles. The lowest BCUT2D eigenvalue weighted by atomic mass is 10.0. The second kappa shape index (κ2) is 5.68. The highest BCUT2D eigenvalue weighted by atomic mass is 79.9. The summed E-state index contributed by atoms with van der Waals surface area (Å²) in [6, 6.07) is 3.47. The SMILES string of the molecule is COc1cc(F)c(C(=O)c2cc(Br)sc2Br)c(F)c1. The van der Waals surface area contributed by atoms with Crippen molar-refractivity contribution in [3.63, 3.8) is 0 Å². The molecule has 0 aliphatic rings. The van der Waals surface area contributed by atoms with Gasteiger partial charge in [0.1, 0.15) is 17.4 Å². The van der Waals surface area contributed by atoms with Crippen molar-refractivity contribution in [1.82, 2.24) is 0 Å². The van der Waals surface area contributed by atoms with E-state index in [4.69, 9.17) is 4.74 Å². The van der Waals surface area contributed by atoms with Gasteiger partial charge in [0.2, 0.25) is 5.78 Å². The van der Waals surface area contributed by atoms with Crippen LogP contribution in [-0.2, 0) is 0 Å². The van der Waals surface area contributed by atoms with Crippen molar-refractivity contribution in [3.8, 4) is 5.75 Å². The predicted molar refractivity (Wildman–Crippen MR) is 76.1 cm³/mol. The summed E-state index contributed by atoms with van der Waals surface area (Å²) in [4.78, 5) is 12.2. The highest BCUT2D eigenvalue weighted by Crippen LogP contribution is 2.34. The van der Waals surface area contributed by atoms with Crippen LogP contribution in [0.2, 0.25) is 0 Å². The van der Waals surface area contributed by atoms with E-state index in [1.807, 2.05) is 0 Å². The van der Waals surface area contributed by atoms with E-state index in [2.05, 4.69) is 31.9 Å². The van der Waals surface area contributed by atoms with Crippen LogP contribution in [0, 0.1) is 11.6 Å². The maximum absolute atomic E-state index is 13.8. The monoisotopic (exact) mass is 410 g/mol. The van der Waals surface area contributed by atoms with Crippen LogP contribution < -0.4 is 4.74 Å². The molecule has 0 aliphatic heterocycles. The van der Waals surface area contributed by atoms with E-state index in [0.717, 1.165) is 12.1 Å². The fourth-order valence-electron chi connectivity index (χ4n) is 1.51. The molecule has 0 saturated heterocycles. The Morgan fingerprint density at radius 3 is 2.21 bits per heavy atom. The Kier molecular flexibility index (Phi) is 4.37. The number of benzene rings is 1. The normalized spacial score (nSPS) is 10.6. The minimum Gasteiger partial charge on any atom is -0.497 e. The summed E-state index contributed by atoms with van der Waals surface area (Å²) in [6.45, 7) is 0. The summed E-state index contributed by atoms with van der Waals surface area (Å²) >= 11 is 7.66. The molecule has 2 rings (SSSR count). The van der Waals surface area contributed by atoms with Gasteiger partial charge in [-0.15, -0.1) is 11.3 Å². The average molecular weight is 412 g/mol. The molecule has 0 bridgehead atoms. The zero-order valence-corrected chi connectivity index (χ0v) is 13.5. The lowest BCUT2D eigenvalue weighted by Crippen LogP contribution is -2.07. The molecule has 19 heavy (non-hydrogen) atoms. The van der Waals surface area contributed by atoms with Gasteiger partial charge in [-0.1, -0.05) is 0 Å². The molecule has 100 valence electrons. The van der Waals surface area contributed by atoms with Gasteiger partial charge in [0.15, 0.2) is 0 Å². The summed E-state index contributed by atoms with van der Waals surface area (Å²) in [5.41, 5.74) is -0.383. The van der Waals surface area contributed by atoms with Crippen molar-refractivity contribution in [2.75, 3.05) is 7.11 Å². The van der Waals surface area contributed by atoms with E-state index < -0.39 is 23.0 Å². The van der Waals surface area contributed by atoms with Crippen molar-refractivity contribution >= 4 is 49.0 Å². The molecule has 0 amide bonds. The zero-order chi connectivity index (χ0) is 14.2. The van der Waals surface area contributed by atoms with E-state index in [9.17, 15) is 13.6 Å². The van der Waals surface area contributed by atoms with Crippen molar-refractivity contribution in [3.05, 3.63) is 48.5 Å². The molecule has 2 aromatic rings. The third kappa shape index (κ3) is 2.88. The summed E-state index contributed by atoms with van der Waals surface area (Å²) in [5.74, 6) is -2.59. The van der Waals surface area contributed by atoms with Crippen LogP contribution in [0.4, 0.5) is 8.78 Å². The second-order valence-electron chi connectivity index (χ2n) is 3.53. The Bertz CT molecular complexity index is 632. The first-order valence-electron chi connectivity index (χ1n) is 4.96. The van der Waals surface area contributed by atoms with E-state index in [-0.39, 0.29) is 11.3 Å². The molecule has 0 radical (unpaired) electrons. The number of ketones is 1. The molecule has 2 nitrogen and oxygen atoms in total. The zero-order valence-electron chi connectivity index (χ0n) is 9.47. The van der Waals surface area contributed by atoms with Crippen LogP contribution in [-0.4, -0.2) is 12.9 Å². The van der Waals surface area contributed by atoms with Crippen molar-refractivity contribution < 1.29 is 18.3 Å². The number of carbonyl (C=O) groups excluding carboxylic acids is 1. The molecule has 0 aliphatic carbocycles. The van der Waals surface area contributed by atoms with Crippen molar-refractivity contribution in [2.45, 2.75) is 0 Å². The summed E-state index contributed by atoms with van der Waals surface area (Å²) in [6.07, 6.45) is 0. The number of thiophene rings is 1. The molecule has 7 heteroatoms. The quantitative estimate of drug-likeness (QED) is 0.678. The van der Waals surface area contributed by atoms with Gasteiger partial charge in [-0.25, -0.2) is 8.78 Å². The molecule has 1 aromatic heterocycles. The van der Waals surface area contributed by atoms with Gasteiger partial charge >= 0.3 is 0 Å². The van der Waals surface area contributed by atoms with Gasteiger partial charge in [-0.3, -0.25) is 4.79 Å². The van der Waals surface area contributed by atoms with Gasteiger partial charge < -0.3 is 4.74 Å². The first-order valence-corrected chi connectivity index (χ1v) is 7.37. The van der Waals surface area contributed by atoms with E-state index in [0.29, 0.717) is 7.57 Å². The number of ether oxygens (including phenoxy) is 1. The largest absolute Gasteiger partial charge is 0.497 e. The van der Waals surface area contributed by atoms with Crippen LogP contribution in [0.5, 0.6) is 5.75 Å². The summed E-state index contributed by atoms with van der Waals surface area (Å²) in [7, 11) is 1.29. The lowest BCUT2D eigenvalue weighted by molar-refractivity contribution is 0.103. The number of halogens is 4. The number of methoxy groups -OCH3 is 1. The van der Waals surface area contributed by atoms with Gasteiger partial charge in [-0.05, 0) is 37.9 Å². The van der Waals surface area contributed by atoms with Crippen LogP contribution in [0.1, 0.15) is 15.9 Å². The standard InChI is InChI=1S/C12H6Br2F2O2S/c1-18-5-2-7(15)10(8(16)3-5)11(17)6-4-9(13)19-12(6)14/h2-4H,1H3. The fraction of sp³-hybridized carbons (Fsp3) is 0.0833. The molecule has 1 heterocycles. The van der Waals surface area contributed by atoms with E-state index >= 15 is 0 Å².